The number of thiophene rings is 1. The van der Waals surface area contributed by atoms with Crippen LogP contribution in [0.1, 0.15) is 50.7 Å². The van der Waals surface area contributed by atoms with E-state index in [0.717, 1.165) is 59.4 Å². The van der Waals surface area contributed by atoms with E-state index in [1.54, 1.807) is 0 Å². The lowest BCUT2D eigenvalue weighted by molar-refractivity contribution is 0.0231. The van der Waals surface area contributed by atoms with Crippen molar-refractivity contribution >= 4 is 58.4 Å². The van der Waals surface area contributed by atoms with Gasteiger partial charge in [-0.2, -0.15) is 0 Å². The van der Waals surface area contributed by atoms with Gasteiger partial charge in [-0.1, -0.05) is 105 Å². The molecule has 258 valence electrons. The highest BCUT2D eigenvalue weighted by Gasteiger charge is 2.59. The van der Waals surface area contributed by atoms with Crippen LogP contribution in [-0.4, -0.2) is 8.42 Å². The molecule has 1 aliphatic heterocycles. The molecular weight excluding hydrogens is 675 g/mol. The van der Waals surface area contributed by atoms with Gasteiger partial charge in [0.05, 0.1) is 9.79 Å². The van der Waals surface area contributed by atoms with Gasteiger partial charge in [0, 0.05) is 42.6 Å². The lowest BCUT2D eigenvalue weighted by Gasteiger charge is -2.59. The standard InChI is InChI=1S/C47H41NO2S2/c1-30-24-33-26-31(2)27-34(25-30)47(33)41-19-7-9-21-44(41)52(49,50)45-29-37(22-23-42(45)47)48(35-13-4-3-5-14-35)36-15-10-12-32(28-36)38-17-11-18-40-39-16-6-8-20-43(39)51-46(38)40/h3-23,28-31,33-34H,24-27H2,1-2H3/t30?,31?,33-,34-,47?. The molecule has 0 N–H and O–H groups in total. The molecule has 2 heterocycles. The number of sulfone groups is 1. The third kappa shape index (κ3) is 4.65. The number of para-hydroxylation sites is 1. The summed E-state index contributed by atoms with van der Waals surface area (Å²) in [4.78, 5) is 3.21. The van der Waals surface area contributed by atoms with Crippen molar-refractivity contribution in [3.05, 3.63) is 151 Å². The number of hydrogen-bond donors (Lipinski definition) is 0. The summed E-state index contributed by atoms with van der Waals surface area (Å²) in [5, 5.41) is 2.56. The molecule has 0 atom stereocenters. The van der Waals surface area contributed by atoms with Crippen LogP contribution in [0.25, 0.3) is 31.3 Å². The molecule has 3 aliphatic rings. The molecule has 1 spiro atoms. The van der Waals surface area contributed by atoms with Crippen molar-refractivity contribution in [2.75, 3.05) is 4.90 Å². The molecule has 2 fully saturated rings. The van der Waals surface area contributed by atoms with E-state index in [4.69, 9.17) is 0 Å². The second kappa shape index (κ2) is 11.9. The van der Waals surface area contributed by atoms with Gasteiger partial charge in [0.25, 0.3) is 0 Å². The van der Waals surface area contributed by atoms with Gasteiger partial charge in [0.15, 0.2) is 0 Å². The Hall–Kier alpha value is -4.71. The predicted octanol–water partition coefficient (Wildman–Crippen LogP) is 12.7. The Morgan fingerprint density at radius 1 is 0.577 bits per heavy atom. The van der Waals surface area contributed by atoms with Crippen molar-refractivity contribution in [2.24, 2.45) is 23.7 Å². The van der Waals surface area contributed by atoms with Gasteiger partial charge < -0.3 is 4.90 Å². The van der Waals surface area contributed by atoms with Crippen molar-refractivity contribution in [1.29, 1.82) is 0 Å². The zero-order valence-electron chi connectivity index (χ0n) is 29.5. The largest absolute Gasteiger partial charge is 0.310 e. The van der Waals surface area contributed by atoms with Gasteiger partial charge in [-0.3, -0.25) is 0 Å². The molecule has 52 heavy (non-hydrogen) atoms. The fourth-order valence-electron chi connectivity index (χ4n) is 10.6. The Balaban J connectivity index is 1.17. The Bertz CT molecular complexity index is 2590. The number of anilines is 3. The molecule has 1 aromatic heterocycles. The number of nitrogens with zero attached hydrogens (tertiary/aromatic N) is 1. The average Bonchev–Trinajstić information content (AvgIpc) is 3.54. The monoisotopic (exact) mass is 715 g/mol. The molecule has 3 nitrogen and oxygen atoms in total. The van der Waals surface area contributed by atoms with E-state index in [1.165, 1.54) is 25.7 Å². The summed E-state index contributed by atoms with van der Waals surface area (Å²) >= 11 is 1.84. The van der Waals surface area contributed by atoms with Gasteiger partial charge >= 0.3 is 0 Å². The van der Waals surface area contributed by atoms with E-state index in [1.807, 2.05) is 35.6 Å². The third-order valence-electron chi connectivity index (χ3n) is 12.5. The van der Waals surface area contributed by atoms with Crippen molar-refractivity contribution < 1.29 is 8.42 Å². The van der Waals surface area contributed by atoms with Crippen LogP contribution in [0.5, 0.6) is 0 Å². The first kappa shape index (κ1) is 32.0. The first-order chi connectivity index (χ1) is 25.3. The highest BCUT2D eigenvalue weighted by Crippen LogP contribution is 2.64. The molecular formula is C47H41NO2S2. The van der Waals surface area contributed by atoms with Gasteiger partial charge in [-0.05, 0) is 120 Å². The van der Waals surface area contributed by atoms with E-state index in [0.29, 0.717) is 33.5 Å². The number of hydrogen-bond acceptors (Lipinski definition) is 4. The lowest BCUT2D eigenvalue weighted by atomic mass is 9.46. The maximum Gasteiger partial charge on any atom is 0.207 e. The van der Waals surface area contributed by atoms with Crippen LogP contribution in [0.2, 0.25) is 0 Å². The summed E-state index contributed by atoms with van der Waals surface area (Å²) in [6.07, 6.45) is 4.52. The topological polar surface area (TPSA) is 37.4 Å². The molecule has 2 saturated carbocycles. The minimum atomic E-state index is -3.77. The summed E-state index contributed by atoms with van der Waals surface area (Å²) < 4.78 is 32.2. The van der Waals surface area contributed by atoms with Crippen LogP contribution < -0.4 is 4.90 Å². The second-order valence-corrected chi connectivity index (χ2v) is 18.5. The molecule has 0 amide bonds. The Labute approximate surface area is 310 Å². The molecule has 0 unspecified atom stereocenters. The van der Waals surface area contributed by atoms with E-state index in [-0.39, 0.29) is 5.41 Å². The summed E-state index contributed by atoms with van der Waals surface area (Å²) in [6.45, 7) is 4.79. The maximum absolute atomic E-state index is 14.8. The normalized spacial score (nSPS) is 24.4. The van der Waals surface area contributed by atoms with Crippen molar-refractivity contribution in [3.8, 4) is 11.1 Å². The summed E-state index contributed by atoms with van der Waals surface area (Å²) in [6, 6.07) is 48.6. The smallest absolute Gasteiger partial charge is 0.207 e. The molecule has 5 heteroatoms. The highest BCUT2D eigenvalue weighted by molar-refractivity contribution is 7.91. The highest BCUT2D eigenvalue weighted by atomic mass is 32.2. The fraction of sp³-hybridized carbons (Fsp3) is 0.234. The molecule has 0 radical (unpaired) electrons. The Morgan fingerprint density at radius 3 is 1.98 bits per heavy atom. The van der Waals surface area contributed by atoms with E-state index in [2.05, 4.69) is 134 Å². The first-order valence-electron chi connectivity index (χ1n) is 18.7. The van der Waals surface area contributed by atoms with Gasteiger partial charge in [-0.25, -0.2) is 8.42 Å². The van der Waals surface area contributed by atoms with Gasteiger partial charge in [0.1, 0.15) is 0 Å². The third-order valence-corrected chi connectivity index (χ3v) is 15.5. The molecule has 2 aliphatic carbocycles. The summed E-state index contributed by atoms with van der Waals surface area (Å²) in [5.41, 5.74) is 6.91. The van der Waals surface area contributed by atoms with Crippen molar-refractivity contribution in [2.45, 2.75) is 54.7 Å². The number of fused-ring (bicyclic) bond motifs is 5. The van der Waals surface area contributed by atoms with Crippen LogP contribution in [0.3, 0.4) is 0 Å². The molecule has 6 aromatic carbocycles. The van der Waals surface area contributed by atoms with Crippen LogP contribution in [-0.2, 0) is 15.3 Å². The summed E-state index contributed by atoms with van der Waals surface area (Å²) in [5.74, 6) is 2.09. The minimum absolute atomic E-state index is 0.296. The van der Waals surface area contributed by atoms with Crippen LogP contribution >= 0.6 is 11.3 Å². The predicted molar refractivity (Wildman–Crippen MR) is 216 cm³/mol. The van der Waals surface area contributed by atoms with Gasteiger partial charge in [-0.15, -0.1) is 11.3 Å². The van der Waals surface area contributed by atoms with Crippen LogP contribution in [0.15, 0.2) is 149 Å². The zero-order valence-corrected chi connectivity index (χ0v) is 31.1. The second-order valence-electron chi connectivity index (χ2n) is 15.6. The molecule has 2 bridgehead atoms. The van der Waals surface area contributed by atoms with Crippen LogP contribution in [0.4, 0.5) is 17.1 Å². The van der Waals surface area contributed by atoms with Crippen molar-refractivity contribution in [1.82, 2.24) is 0 Å². The zero-order chi connectivity index (χ0) is 35.2. The van der Waals surface area contributed by atoms with E-state index in [9.17, 15) is 8.42 Å². The average molecular weight is 716 g/mol. The number of benzene rings is 6. The molecule has 7 aromatic rings. The fourth-order valence-corrected chi connectivity index (χ4v) is 13.7. The quantitative estimate of drug-likeness (QED) is 0.182. The minimum Gasteiger partial charge on any atom is -0.310 e. The van der Waals surface area contributed by atoms with Gasteiger partial charge in [0.2, 0.25) is 9.84 Å². The van der Waals surface area contributed by atoms with Crippen LogP contribution in [0, 0.1) is 23.7 Å². The Morgan fingerprint density at radius 2 is 1.19 bits per heavy atom. The van der Waals surface area contributed by atoms with E-state index < -0.39 is 9.84 Å². The summed E-state index contributed by atoms with van der Waals surface area (Å²) in [7, 11) is -3.77. The first-order valence-corrected chi connectivity index (χ1v) is 21.0. The number of rotatable bonds is 4. The maximum atomic E-state index is 14.8. The SMILES string of the molecule is CC1C[C@H]2CC(C)C[C@H](C1)C21c2ccccc2S(=O)(=O)c2cc(N(c3ccccc3)c3cccc(-c4cccc5c4sc4ccccc45)c3)ccc21. The van der Waals surface area contributed by atoms with Crippen molar-refractivity contribution in [3.63, 3.8) is 0 Å². The van der Waals surface area contributed by atoms with E-state index >= 15 is 0 Å². The molecule has 0 saturated heterocycles. The molecule has 10 rings (SSSR count). The lowest BCUT2D eigenvalue weighted by Crippen LogP contribution is -2.54. The Kier molecular flexibility index (Phi) is 7.32.